The van der Waals surface area contributed by atoms with Gasteiger partial charge in [-0.05, 0) is 49.9 Å². The summed E-state index contributed by atoms with van der Waals surface area (Å²) < 4.78 is 68.9. The second-order valence-electron chi connectivity index (χ2n) is 7.78. The number of rotatable bonds is 6. The van der Waals surface area contributed by atoms with Crippen LogP contribution in [0.4, 0.5) is 33.5 Å². The Bertz CT molecular complexity index is 1030. The van der Waals surface area contributed by atoms with E-state index in [9.17, 15) is 31.5 Å². The summed E-state index contributed by atoms with van der Waals surface area (Å²) in [6, 6.07) is 2.44. The number of hydrogen-bond acceptors (Lipinski definition) is 6. The largest absolute Gasteiger partial charge is 0.417 e. The van der Waals surface area contributed by atoms with Gasteiger partial charge in [-0.15, -0.1) is 0 Å². The highest BCUT2D eigenvalue weighted by atomic mass is 19.4. The van der Waals surface area contributed by atoms with Crippen LogP contribution in [-0.4, -0.2) is 45.4 Å². The quantitative estimate of drug-likeness (QED) is 0.477. The van der Waals surface area contributed by atoms with Gasteiger partial charge in [0.1, 0.15) is 5.82 Å². The molecular formula is C21H22F5N5O3. The average Bonchev–Trinajstić information content (AvgIpc) is 3.21. The van der Waals surface area contributed by atoms with Gasteiger partial charge >= 0.3 is 24.6 Å². The number of nitrogen functional groups attached to an aromatic ring is 1. The fourth-order valence-electron chi connectivity index (χ4n) is 3.72. The number of amides is 2. The first-order valence-electron chi connectivity index (χ1n) is 10.3. The Morgan fingerprint density at radius 3 is 2.56 bits per heavy atom. The van der Waals surface area contributed by atoms with Crippen LogP contribution in [0.1, 0.15) is 36.1 Å². The van der Waals surface area contributed by atoms with Gasteiger partial charge in [-0.2, -0.15) is 22.0 Å². The van der Waals surface area contributed by atoms with Gasteiger partial charge in [0.05, 0.1) is 41.8 Å². The summed E-state index contributed by atoms with van der Waals surface area (Å²) >= 11 is 0. The van der Waals surface area contributed by atoms with Crippen molar-refractivity contribution in [3.05, 3.63) is 47.4 Å². The van der Waals surface area contributed by atoms with E-state index in [4.69, 9.17) is 5.73 Å². The molecule has 2 atom stereocenters. The van der Waals surface area contributed by atoms with Gasteiger partial charge in [-0.25, -0.2) is 4.98 Å². The third kappa shape index (κ3) is 6.16. The molecule has 1 aliphatic rings. The number of carbonyl (C=O) groups excluding carboxylic acids is 2. The molecule has 184 valence electrons. The highest BCUT2D eigenvalue weighted by Crippen LogP contribution is 2.31. The highest BCUT2D eigenvalue weighted by molar-refractivity contribution is 6.39. The normalized spacial score (nSPS) is 18.2. The Balaban J connectivity index is 1.85. The molecule has 3 N–H and O–H groups in total. The van der Waals surface area contributed by atoms with Crippen molar-refractivity contribution in [3.63, 3.8) is 0 Å². The summed E-state index contributed by atoms with van der Waals surface area (Å²) in [5, 5.41) is 2.38. The predicted octanol–water partition coefficient (Wildman–Crippen LogP) is 3.51. The third-order valence-electron chi connectivity index (χ3n) is 5.41. The molecule has 8 nitrogen and oxygen atoms in total. The first kappa shape index (κ1) is 25.3. The summed E-state index contributed by atoms with van der Waals surface area (Å²) in [6.45, 7) is -1.82. The van der Waals surface area contributed by atoms with Gasteiger partial charge in [-0.1, -0.05) is 0 Å². The van der Waals surface area contributed by atoms with Crippen molar-refractivity contribution in [2.24, 2.45) is 0 Å². The molecule has 2 amide bonds. The van der Waals surface area contributed by atoms with Crippen molar-refractivity contribution >= 4 is 23.3 Å². The molecule has 1 fully saturated rings. The number of nitrogens with zero attached hydrogens (tertiary/aromatic N) is 3. The van der Waals surface area contributed by atoms with Crippen LogP contribution < -0.4 is 11.1 Å². The van der Waals surface area contributed by atoms with E-state index >= 15 is 0 Å². The van der Waals surface area contributed by atoms with E-state index in [1.54, 1.807) is 6.92 Å². The number of ether oxygens (including phenoxy) is 1. The van der Waals surface area contributed by atoms with Crippen molar-refractivity contribution in [1.29, 1.82) is 0 Å². The minimum atomic E-state index is -4.60. The number of nitrogens with one attached hydrogen (secondary N) is 1. The molecule has 0 radical (unpaired) electrons. The molecule has 0 saturated heterocycles. The van der Waals surface area contributed by atoms with E-state index in [0.29, 0.717) is 18.2 Å². The molecule has 0 aromatic carbocycles. The van der Waals surface area contributed by atoms with Crippen molar-refractivity contribution in [2.45, 2.75) is 57.7 Å². The lowest BCUT2D eigenvalue weighted by Crippen LogP contribution is -2.49. The predicted molar refractivity (Wildman–Crippen MR) is 110 cm³/mol. The van der Waals surface area contributed by atoms with E-state index in [-0.39, 0.29) is 36.6 Å². The van der Waals surface area contributed by atoms with Crippen molar-refractivity contribution in [1.82, 2.24) is 14.9 Å². The Morgan fingerprint density at radius 2 is 1.97 bits per heavy atom. The minimum absolute atomic E-state index is 0.0434. The van der Waals surface area contributed by atoms with Gasteiger partial charge in [0.25, 0.3) is 0 Å². The second-order valence-corrected chi connectivity index (χ2v) is 7.78. The van der Waals surface area contributed by atoms with Crippen LogP contribution in [0.15, 0.2) is 30.6 Å². The van der Waals surface area contributed by atoms with Crippen LogP contribution in [0.5, 0.6) is 0 Å². The molecule has 0 unspecified atom stereocenters. The van der Waals surface area contributed by atoms with Crippen LogP contribution >= 0.6 is 0 Å². The van der Waals surface area contributed by atoms with Crippen LogP contribution in [0.3, 0.4) is 0 Å². The maximum atomic E-state index is 13.1. The summed E-state index contributed by atoms with van der Waals surface area (Å²) in [4.78, 5) is 34.4. The van der Waals surface area contributed by atoms with E-state index in [1.165, 1.54) is 12.3 Å². The summed E-state index contributed by atoms with van der Waals surface area (Å²) in [5.74, 6) is -1.93. The zero-order valence-electron chi connectivity index (χ0n) is 18.0. The van der Waals surface area contributed by atoms with E-state index < -0.39 is 42.3 Å². The van der Waals surface area contributed by atoms with E-state index in [0.717, 1.165) is 17.0 Å². The monoisotopic (exact) mass is 487 g/mol. The summed E-state index contributed by atoms with van der Waals surface area (Å²) in [6.07, 6.45) is -2.87. The van der Waals surface area contributed by atoms with Gasteiger partial charge < -0.3 is 20.7 Å². The topological polar surface area (TPSA) is 110 Å². The number of hydrogen-bond donors (Lipinski definition) is 2. The summed E-state index contributed by atoms with van der Waals surface area (Å²) in [7, 11) is 0. The molecule has 1 aliphatic carbocycles. The zero-order valence-corrected chi connectivity index (χ0v) is 18.0. The lowest BCUT2D eigenvalue weighted by molar-refractivity contribution is -0.178. The van der Waals surface area contributed by atoms with Gasteiger partial charge in [-0.3, -0.25) is 14.6 Å². The standard InChI is InChI=1S/C21H22F5N5O3/c1-11-7-14(9-29-17(11)27)30-18(32)19(33)31(15-3-2-4-16(15)34-20(22)23)10-13-6-5-12(8-28-13)21(24,25)26/h5-9,15-16,20H,2-4,10H2,1H3,(H2,27,29)(H,30,32)/t15-,16-/m1/s1. The fraction of sp³-hybridized carbons (Fsp3) is 0.429. The van der Waals surface area contributed by atoms with Crippen LogP contribution in [0.2, 0.25) is 0 Å². The Hall–Kier alpha value is -3.35. The molecular weight excluding hydrogens is 465 g/mol. The van der Waals surface area contributed by atoms with Gasteiger partial charge in [0.2, 0.25) is 0 Å². The Kier molecular flexibility index (Phi) is 7.64. The molecule has 34 heavy (non-hydrogen) atoms. The van der Waals surface area contributed by atoms with Crippen LogP contribution in [-0.2, 0) is 27.0 Å². The number of aromatic nitrogens is 2. The molecule has 2 aromatic heterocycles. The molecule has 2 aromatic rings. The number of nitrogens with two attached hydrogens (primary N) is 1. The molecule has 2 heterocycles. The number of alkyl halides is 5. The molecule has 0 spiro atoms. The minimum Gasteiger partial charge on any atom is -0.383 e. The maximum Gasteiger partial charge on any atom is 0.417 e. The fourth-order valence-corrected chi connectivity index (χ4v) is 3.72. The van der Waals surface area contributed by atoms with E-state index in [2.05, 4.69) is 20.0 Å². The van der Waals surface area contributed by atoms with Crippen LogP contribution in [0.25, 0.3) is 0 Å². The lowest BCUT2D eigenvalue weighted by Gasteiger charge is -2.32. The second kappa shape index (κ2) is 10.3. The smallest absolute Gasteiger partial charge is 0.383 e. The number of carbonyl (C=O) groups is 2. The number of aryl methyl sites for hydroxylation is 1. The van der Waals surface area contributed by atoms with Crippen LogP contribution in [0, 0.1) is 6.92 Å². The zero-order chi connectivity index (χ0) is 25.0. The lowest BCUT2D eigenvalue weighted by atomic mass is 10.1. The van der Waals surface area contributed by atoms with Gasteiger partial charge in [0, 0.05) is 6.20 Å². The molecule has 1 saturated carbocycles. The SMILES string of the molecule is Cc1cc(NC(=O)C(=O)N(Cc2ccc(C(F)(F)F)cn2)[C@@H]2CCC[C@H]2OC(F)F)cnc1N. The molecule has 3 rings (SSSR count). The van der Waals surface area contributed by atoms with Crippen molar-refractivity contribution in [3.8, 4) is 0 Å². The molecule has 0 bridgehead atoms. The van der Waals surface area contributed by atoms with Crippen molar-refractivity contribution in [2.75, 3.05) is 11.1 Å². The number of halogens is 5. The summed E-state index contributed by atoms with van der Waals surface area (Å²) in [5.41, 5.74) is 5.43. The number of pyridine rings is 2. The first-order chi connectivity index (χ1) is 16.0. The van der Waals surface area contributed by atoms with Crippen molar-refractivity contribution < 1.29 is 36.3 Å². The highest BCUT2D eigenvalue weighted by Gasteiger charge is 2.39. The molecule has 0 aliphatic heterocycles. The number of anilines is 2. The Morgan fingerprint density at radius 1 is 1.24 bits per heavy atom. The average molecular weight is 487 g/mol. The third-order valence-corrected chi connectivity index (χ3v) is 5.41. The van der Waals surface area contributed by atoms with Gasteiger partial charge in [0.15, 0.2) is 0 Å². The first-order valence-corrected chi connectivity index (χ1v) is 10.3. The van der Waals surface area contributed by atoms with E-state index in [1.807, 2.05) is 0 Å². The Labute approximate surface area is 191 Å². The maximum absolute atomic E-state index is 13.1. The molecule has 13 heteroatoms.